The van der Waals surface area contributed by atoms with Crippen molar-refractivity contribution in [2.45, 2.75) is 33.2 Å². The number of anilines is 1. The second-order valence-electron chi connectivity index (χ2n) is 4.33. The molecule has 0 aliphatic carbocycles. The van der Waals surface area contributed by atoms with Crippen molar-refractivity contribution in [3.8, 4) is 0 Å². The summed E-state index contributed by atoms with van der Waals surface area (Å²) < 4.78 is 0. The maximum atomic E-state index is 5.78. The van der Waals surface area contributed by atoms with Crippen LogP contribution in [0.1, 0.15) is 30.2 Å². The van der Waals surface area contributed by atoms with Crippen molar-refractivity contribution in [3.05, 3.63) is 16.8 Å². The van der Waals surface area contributed by atoms with Crippen LogP contribution in [0.15, 0.2) is 0 Å². The summed E-state index contributed by atoms with van der Waals surface area (Å²) in [6.07, 6.45) is 3.16. The molecule has 18 heavy (non-hydrogen) atoms. The summed E-state index contributed by atoms with van der Waals surface area (Å²) in [4.78, 5) is 0.366. The Hall–Kier alpha value is -0.880. The van der Waals surface area contributed by atoms with E-state index in [9.17, 15) is 0 Å². The molecule has 1 heterocycles. The van der Waals surface area contributed by atoms with Gasteiger partial charge in [0.25, 0.3) is 0 Å². The van der Waals surface area contributed by atoms with Crippen LogP contribution in [0.5, 0.6) is 0 Å². The molecule has 100 valence electrons. The van der Waals surface area contributed by atoms with Gasteiger partial charge in [0.15, 0.2) is 5.82 Å². The predicted octanol–water partition coefficient (Wildman–Crippen LogP) is 2.28. The van der Waals surface area contributed by atoms with Gasteiger partial charge >= 0.3 is 0 Å². The Morgan fingerprint density at radius 1 is 1.44 bits per heavy atom. The minimum atomic E-state index is 0.321. The third kappa shape index (κ3) is 3.81. The summed E-state index contributed by atoms with van der Waals surface area (Å²) in [5, 5.41) is 11.6. The Labute approximate surface area is 118 Å². The van der Waals surface area contributed by atoms with Gasteiger partial charge in [0, 0.05) is 6.04 Å². The van der Waals surface area contributed by atoms with Gasteiger partial charge in [-0.15, -0.1) is 5.10 Å². The van der Waals surface area contributed by atoms with Gasteiger partial charge in [-0.2, -0.15) is 16.9 Å². The minimum absolute atomic E-state index is 0.321. The van der Waals surface area contributed by atoms with Gasteiger partial charge in [0.2, 0.25) is 0 Å². The van der Waals surface area contributed by atoms with Gasteiger partial charge < -0.3 is 11.1 Å². The molecule has 1 unspecified atom stereocenters. The minimum Gasteiger partial charge on any atom is -0.389 e. The number of thiocarbonyl (C=S) groups is 1. The molecule has 0 fully saturated rings. The highest BCUT2D eigenvalue weighted by molar-refractivity contribution is 7.98. The molecule has 0 aromatic carbocycles. The third-order valence-corrected chi connectivity index (χ3v) is 3.69. The first-order chi connectivity index (χ1) is 8.47. The molecule has 1 atom stereocenters. The van der Waals surface area contributed by atoms with Gasteiger partial charge in [-0.3, -0.25) is 0 Å². The van der Waals surface area contributed by atoms with E-state index in [-0.39, 0.29) is 0 Å². The zero-order valence-electron chi connectivity index (χ0n) is 11.3. The number of nitrogens with zero attached hydrogens (tertiary/aromatic N) is 2. The van der Waals surface area contributed by atoms with E-state index in [4.69, 9.17) is 18.0 Å². The standard InChI is InChI=1S/C12H20N4S2/c1-7(5-6-18-4)14-12-10(11(13)17)8(2)9(3)15-16-12/h7H,5-6H2,1-4H3,(H2,13,17)(H,14,16). The lowest BCUT2D eigenvalue weighted by atomic mass is 10.1. The highest BCUT2D eigenvalue weighted by Crippen LogP contribution is 2.19. The van der Waals surface area contributed by atoms with Crippen molar-refractivity contribution in [1.29, 1.82) is 0 Å². The lowest BCUT2D eigenvalue weighted by molar-refractivity contribution is 0.759. The fraction of sp³-hybridized carbons (Fsp3) is 0.583. The second-order valence-corrected chi connectivity index (χ2v) is 5.75. The number of rotatable bonds is 6. The van der Waals surface area contributed by atoms with Crippen LogP contribution < -0.4 is 11.1 Å². The summed E-state index contributed by atoms with van der Waals surface area (Å²) in [5.74, 6) is 1.80. The number of aromatic nitrogens is 2. The van der Waals surface area contributed by atoms with Gasteiger partial charge in [-0.25, -0.2) is 0 Å². The first-order valence-electron chi connectivity index (χ1n) is 5.86. The van der Waals surface area contributed by atoms with E-state index in [0.717, 1.165) is 29.0 Å². The fourth-order valence-electron chi connectivity index (χ4n) is 1.61. The molecule has 0 saturated heterocycles. The van der Waals surface area contributed by atoms with Crippen LogP contribution in [0.4, 0.5) is 5.82 Å². The van der Waals surface area contributed by atoms with E-state index in [1.807, 2.05) is 25.6 Å². The first-order valence-corrected chi connectivity index (χ1v) is 7.66. The molecular weight excluding hydrogens is 264 g/mol. The van der Waals surface area contributed by atoms with E-state index < -0.39 is 0 Å². The topological polar surface area (TPSA) is 63.8 Å². The summed E-state index contributed by atoms with van der Waals surface area (Å²) >= 11 is 6.93. The summed E-state index contributed by atoms with van der Waals surface area (Å²) in [6, 6.07) is 0.321. The Morgan fingerprint density at radius 3 is 2.67 bits per heavy atom. The highest BCUT2D eigenvalue weighted by Gasteiger charge is 2.15. The van der Waals surface area contributed by atoms with E-state index >= 15 is 0 Å². The number of hydrogen-bond donors (Lipinski definition) is 2. The Balaban J connectivity index is 2.95. The summed E-state index contributed by atoms with van der Waals surface area (Å²) in [5.41, 5.74) is 8.45. The normalized spacial score (nSPS) is 12.2. The van der Waals surface area contributed by atoms with Crippen LogP contribution in [-0.2, 0) is 0 Å². The molecule has 3 N–H and O–H groups in total. The molecule has 0 amide bonds. The zero-order chi connectivity index (χ0) is 13.7. The van der Waals surface area contributed by atoms with Crippen molar-refractivity contribution < 1.29 is 0 Å². The Morgan fingerprint density at radius 2 is 2.11 bits per heavy atom. The molecule has 1 aromatic rings. The van der Waals surface area contributed by atoms with Crippen LogP contribution in [0.2, 0.25) is 0 Å². The highest BCUT2D eigenvalue weighted by atomic mass is 32.2. The third-order valence-electron chi connectivity index (χ3n) is 2.84. The Kier molecular flexibility index (Phi) is 5.81. The molecule has 0 aliphatic rings. The summed E-state index contributed by atoms with van der Waals surface area (Å²) in [7, 11) is 0. The smallest absolute Gasteiger partial charge is 0.159 e. The van der Waals surface area contributed by atoms with Crippen molar-refractivity contribution in [3.63, 3.8) is 0 Å². The lowest BCUT2D eigenvalue weighted by Gasteiger charge is -2.17. The molecule has 1 rings (SSSR count). The van der Waals surface area contributed by atoms with E-state index in [2.05, 4.69) is 28.7 Å². The van der Waals surface area contributed by atoms with Crippen molar-refractivity contribution in [2.24, 2.45) is 5.73 Å². The van der Waals surface area contributed by atoms with E-state index in [0.29, 0.717) is 16.8 Å². The first kappa shape index (κ1) is 15.2. The van der Waals surface area contributed by atoms with Crippen LogP contribution >= 0.6 is 24.0 Å². The molecule has 1 aromatic heterocycles. The van der Waals surface area contributed by atoms with E-state index in [1.165, 1.54) is 0 Å². The fourth-order valence-corrected chi connectivity index (χ4v) is 2.45. The maximum absolute atomic E-state index is 5.78. The molecule has 6 heteroatoms. The molecule has 0 aliphatic heterocycles. The van der Waals surface area contributed by atoms with Gasteiger partial charge in [-0.05, 0) is 44.8 Å². The zero-order valence-corrected chi connectivity index (χ0v) is 12.9. The molecular formula is C12H20N4S2. The molecule has 0 bridgehead atoms. The van der Waals surface area contributed by atoms with Crippen LogP contribution in [0.3, 0.4) is 0 Å². The average molecular weight is 284 g/mol. The number of aryl methyl sites for hydroxylation is 1. The van der Waals surface area contributed by atoms with E-state index in [1.54, 1.807) is 0 Å². The van der Waals surface area contributed by atoms with Gasteiger partial charge in [0.05, 0.1) is 11.3 Å². The second kappa shape index (κ2) is 6.89. The largest absolute Gasteiger partial charge is 0.389 e. The predicted molar refractivity (Wildman–Crippen MR) is 83.5 cm³/mol. The number of nitrogens with one attached hydrogen (secondary N) is 1. The van der Waals surface area contributed by atoms with Crippen LogP contribution in [0, 0.1) is 13.8 Å². The number of hydrogen-bond acceptors (Lipinski definition) is 5. The SMILES string of the molecule is CSCCC(C)Nc1nnc(C)c(C)c1C(N)=S. The average Bonchev–Trinajstić information content (AvgIpc) is 2.31. The van der Waals surface area contributed by atoms with Crippen LogP contribution in [-0.4, -0.2) is 33.2 Å². The van der Waals surface area contributed by atoms with Gasteiger partial charge in [0.1, 0.15) is 4.99 Å². The number of thioether (sulfide) groups is 1. The Bertz CT molecular complexity index is 434. The van der Waals surface area contributed by atoms with Crippen LogP contribution in [0.25, 0.3) is 0 Å². The quantitative estimate of drug-likeness (QED) is 0.781. The lowest BCUT2D eigenvalue weighted by Crippen LogP contribution is -2.23. The van der Waals surface area contributed by atoms with Crippen molar-refractivity contribution in [1.82, 2.24) is 10.2 Å². The number of nitrogens with two attached hydrogens (primary N) is 1. The molecule has 0 saturated carbocycles. The molecule has 0 spiro atoms. The van der Waals surface area contributed by atoms with Gasteiger partial charge in [-0.1, -0.05) is 12.2 Å². The maximum Gasteiger partial charge on any atom is 0.159 e. The van der Waals surface area contributed by atoms with Crippen molar-refractivity contribution >= 4 is 34.8 Å². The monoisotopic (exact) mass is 284 g/mol. The summed E-state index contributed by atoms with van der Waals surface area (Å²) in [6.45, 7) is 6.00. The van der Waals surface area contributed by atoms with Crippen molar-refractivity contribution in [2.75, 3.05) is 17.3 Å². The molecule has 0 radical (unpaired) electrons. The molecule has 4 nitrogen and oxygen atoms in total.